The molecule has 2 unspecified atom stereocenters. The first kappa shape index (κ1) is 12.7. The van der Waals surface area contributed by atoms with Crippen LogP contribution < -0.4 is 11.1 Å². The van der Waals surface area contributed by atoms with Gasteiger partial charge in [0.1, 0.15) is 4.99 Å². The predicted octanol–water partition coefficient (Wildman–Crippen LogP) is 1.15. The second kappa shape index (κ2) is 5.38. The lowest BCUT2D eigenvalue weighted by atomic mass is 9.97. The zero-order valence-electron chi connectivity index (χ0n) is 10.9. The van der Waals surface area contributed by atoms with Crippen molar-refractivity contribution < 1.29 is 0 Å². The van der Waals surface area contributed by atoms with Gasteiger partial charge in [-0.3, -0.25) is 0 Å². The lowest BCUT2D eigenvalue weighted by Crippen LogP contribution is -2.43. The van der Waals surface area contributed by atoms with Gasteiger partial charge in [0, 0.05) is 18.6 Å². The Balaban J connectivity index is 1.70. The summed E-state index contributed by atoms with van der Waals surface area (Å²) in [7, 11) is 0. The van der Waals surface area contributed by atoms with Crippen molar-refractivity contribution in [3.05, 3.63) is 17.8 Å². The summed E-state index contributed by atoms with van der Waals surface area (Å²) in [6.07, 6.45) is 6.60. The van der Waals surface area contributed by atoms with Crippen LogP contribution in [0.2, 0.25) is 0 Å². The number of rotatable bonds is 3. The van der Waals surface area contributed by atoms with E-state index in [0.29, 0.717) is 11.0 Å². The minimum atomic E-state index is 0.371. The zero-order valence-corrected chi connectivity index (χ0v) is 11.7. The van der Waals surface area contributed by atoms with Crippen molar-refractivity contribution in [2.45, 2.75) is 37.8 Å². The van der Waals surface area contributed by atoms with E-state index in [1.807, 2.05) is 6.07 Å². The second-order valence-electron chi connectivity index (χ2n) is 5.36. The largest absolute Gasteiger partial charge is 0.389 e. The molecule has 102 valence electrons. The highest BCUT2D eigenvalue weighted by molar-refractivity contribution is 7.80. The van der Waals surface area contributed by atoms with Crippen molar-refractivity contribution >= 4 is 23.0 Å². The minimum absolute atomic E-state index is 0.371. The molecule has 3 N–H and O–H groups in total. The molecule has 2 aliphatic heterocycles. The summed E-state index contributed by atoms with van der Waals surface area (Å²) in [5.41, 5.74) is 6.51. The highest BCUT2D eigenvalue weighted by Gasteiger charge is 2.31. The Morgan fingerprint density at radius 1 is 1.42 bits per heavy atom. The first-order valence-corrected chi connectivity index (χ1v) is 7.27. The third-order valence-corrected chi connectivity index (χ3v) is 4.37. The van der Waals surface area contributed by atoms with Crippen molar-refractivity contribution in [3.63, 3.8) is 0 Å². The Kier molecular flexibility index (Phi) is 3.61. The fourth-order valence-electron chi connectivity index (χ4n) is 3.19. The van der Waals surface area contributed by atoms with Crippen molar-refractivity contribution in [1.29, 1.82) is 0 Å². The Morgan fingerprint density at radius 2 is 2.32 bits per heavy atom. The van der Waals surface area contributed by atoms with Gasteiger partial charge in [0.15, 0.2) is 5.82 Å². The van der Waals surface area contributed by atoms with Gasteiger partial charge in [-0.1, -0.05) is 12.2 Å². The number of hydrogen-bond donors (Lipinski definition) is 2. The lowest BCUT2D eigenvalue weighted by Gasteiger charge is -2.35. The van der Waals surface area contributed by atoms with E-state index in [0.717, 1.165) is 23.8 Å². The van der Waals surface area contributed by atoms with Crippen molar-refractivity contribution in [2.24, 2.45) is 5.73 Å². The smallest absolute Gasteiger partial charge is 0.159 e. The summed E-state index contributed by atoms with van der Waals surface area (Å²) in [6, 6.07) is 3.00. The molecule has 1 aromatic rings. The van der Waals surface area contributed by atoms with Gasteiger partial charge in [-0.05, 0) is 38.3 Å². The van der Waals surface area contributed by atoms with Crippen LogP contribution in [0.1, 0.15) is 31.2 Å². The van der Waals surface area contributed by atoms with Crippen LogP contribution in [-0.2, 0) is 0 Å². The number of fused-ring (bicyclic) bond motifs is 1. The summed E-state index contributed by atoms with van der Waals surface area (Å²) in [5.74, 6) is 0.728. The molecule has 0 aliphatic carbocycles. The minimum Gasteiger partial charge on any atom is -0.389 e. The summed E-state index contributed by atoms with van der Waals surface area (Å²) < 4.78 is 0. The van der Waals surface area contributed by atoms with Crippen LogP contribution in [0.25, 0.3) is 0 Å². The van der Waals surface area contributed by atoms with Crippen LogP contribution in [0.3, 0.4) is 0 Å². The van der Waals surface area contributed by atoms with Gasteiger partial charge >= 0.3 is 0 Å². The van der Waals surface area contributed by atoms with Crippen LogP contribution >= 0.6 is 12.2 Å². The normalized spacial score (nSPS) is 26.9. The average molecular weight is 277 g/mol. The number of nitrogens with one attached hydrogen (secondary N) is 1. The van der Waals surface area contributed by atoms with E-state index in [9.17, 15) is 0 Å². The topological polar surface area (TPSA) is 67.1 Å². The van der Waals surface area contributed by atoms with Gasteiger partial charge < -0.3 is 16.0 Å². The van der Waals surface area contributed by atoms with E-state index in [2.05, 4.69) is 20.4 Å². The molecule has 0 amide bonds. The SMILES string of the molecule is NC(=S)c1ccnnc1NC1CCN2CCCC2C1. The van der Waals surface area contributed by atoms with Crippen molar-refractivity contribution in [2.75, 3.05) is 18.4 Å². The van der Waals surface area contributed by atoms with E-state index in [1.165, 1.54) is 32.4 Å². The number of aromatic nitrogens is 2. The fourth-order valence-corrected chi connectivity index (χ4v) is 3.35. The van der Waals surface area contributed by atoms with Crippen LogP contribution in [0.5, 0.6) is 0 Å². The molecule has 0 saturated carbocycles. The molecule has 2 aliphatic rings. The fraction of sp³-hybridized carbons (Fsp3) is 0.615. The summed E-state index contributed by atoms with van der Waals surface area (Å²) in [6.45, 7) is 2.44. The molecular weight excluding hydrogens is 258 g/mol. The maximum absolute atomic E-state index is 5.72. The van der Waals surface area contributed by atoms with Crippen LogP contribution in [0.15, 0.2) is 12.3 Å². The number of hydrogen-bond acceptors (Lipinski definition) is 5. The van der Waals surface area contributed by atoms with Gasteiger partial charge in [-0.2, -0.15) is 5.10 Å². The molecule has 0 aromatic carbocycles. The highest BCUT2D eigenvalue weighted by atomic mass is 32.1. The van der Waals surface area contributed by atoms with Gasteiger partial charge in [0.25, 0.3) is 0 Å². The summed E-state index contributed by atoms with van der Waals surface area (Å²) in [4.78, 5) is 2.97. The quantitative estimate of drug-likeness (QED) is 0.808. The first-order chi connectivity index (χ1) is 9.24. The van der Waals surface area contributed by atoms with E-state index in [1.54, 1.807) is 6.20 Å². The number of nitrogens with two attached hydrogens (primary N) is 1. The van der Waals surface area contributed by atoms with E-state index >= 15 is 0 Å². The first-order valence-electron chi connectivity index (χ1n) is 6.86. The third kappa shape index (κ3) is 2.69. The van der Waals surface area contributed by atoms with E-state index in [-0.39, 0.29) is 0 Å². The summed E-state index contributed by atoms with van der Waals surface area (Å²) in [5, 5.41) is 11.5. The molecule has 2 atom stereocenters. The molecule has 0 radical (unpaired) electrons. The molecule has 0 bridgehead atoms. The van der Waals surface area contributed by atoms with Crippen LogP contribution in [-0.4, -0.2) is 45.3 Å². The number of anilines is 1. The Bertz CT molecular complexity index is 478. The molecule has 3 rings (SSSR count). The summed E-state index contributed by atoms with van der Waals surface area (Å²) >= 11 is 5.05. The molecule has 19 heavy (non-hydrogen) atoms. The third-order valence-electron chi connectivity index (χ3n) is 4.15. The molecule has 2 fully saturated rings. The number of piperidine rings is 1. The van der Waals surface area contributed by atoms with Gasteiger partial charge in [0.05, 0.1) is 11.8 Å². The maximum Gasteiger partial charge on any atom is 0.159 e. The highest BCUT2D eigenvalue weighted by Crippen LogP contribution is 2.28. The van der Waals surface area contributed by atoms with Crippen molar-refractivity contribution in [1.82, 2.24) is 15.1 Å². The van der Waals surface area contributed by atoms with Crippen LogP contribution in [0, 0.1) is 0 Å². The molecule has 5 nitrogen and oxygen atoms in total. The van der Waals surface area contributed by atoms with Crippen LogP contribution in [0.4, 0.5) is 5.82 Å². The molecule has 3 heterocycles. The molecular formula is C13H19N5S. The average Bonchev–Trinajstić information content (AvgIpc) is 2.86. The van der Waals surface area contributed by atoms with Gasteiger partial charge in [-0.15, -0.1) is 5.10 Å². The monoisotopic (exact) mass is 277 g/mol. The Labute approximate surface area is 118 Å². The molecule has 2 saturated heterocycles. The molecule has 6 heteroatoms. The molecule has 0 spiro atoms. The van der Waals surface area contributed by atoms with E-state index < -0.39 is 0 Å². The maximum atomic E-state index is 5.72. The van der Waals surface area contributed by atoms with E-state index in [4.69, 9.17) is 18.0 Å². The Hall–Kier alpha value is -1.27. The predicted molar refractivity (Wildman–Crippen MR) is 79.2 cm³/mol. The Morgan fingerprint density at radius 3 is 3.16 bits per heavy atom. The number of nitrogens with zero attached hydrogens (tertiary/aromatic N) is 3. The zero-order chi connectivity index (χ0) is 13.2. The standard InChI is InChI=1S/C13H19N5S/c14-12(19)11-3-5-15-17-13(11)16-9-4-7-18-6-1-2-10(18)8-9/h3,5,9-10H,1-2,4,6-8H2,(H2,14,19)(H,16,17). The van der Waals surface area contributed by atoms with Gasteiger partial charge in [-0.25, -0.2) is 0 Å². The second-order valence-corrected chi connectivity index (χ2v) is 5.80. The molecule has 1 aromatic heterocycles. The van der Waals surface area contributed by atoms with Gasteiger partial charge in [0.2, 0.25) is 0 Å². The number of thiocarbonyl (C=S) groups is 1. The lowest BCUT2D eigenvalue weighted by molar-refractivity contribution is 0.188. The van der Waals surface area contributed by atoms with Crippen molar-refractivity contribution in [3.8, 4) is 0 Å².